The lowest BCUT2D eigenvalue weighted by atomic mass is 10.3. The number of hydrogen-bond acceptors (Lipinski definition) is 1. The number of nitrogens with zero attached hydrogens (tertiary/aromatic N) is 2. The van der Waals surface area contributed by atoms with Crippen molar-refractivity contribution in [3.05, 3.63) is 47.5 Å². The van der Waals surface area contributed by atoms with Gasteiger partial charge in [-0.25, -0.2) is 17.9 Å². The van der Waals surface area contributed by atoms with E-state index in [9.17, 15) is 13.2 Å². The summed E-state index contributed by atoms with van der Waals surface area (Å²) in [5, 5.41) is 3.86. The lowest BCUT2D eigenvalue weighted by Gasteiger charge is -2.05. The third kappa shape index (κ3) is 1.60. The van der Waals surface area contributed by atoms with Gasteiger partial charge in [-0.3, -0.25) is 0 Å². The Morgan fingerprint density at radius 1 is 1.13 bits per heavy atom. The molecule has 0 saturated carbocycles. The van der Waals surface area contributed by atoms with Crippen LogP contribution in [0.15, 0.2) is 24.4 Å². The van der Waals surface area contributed by atoms with Crippen LogP contribution >= 0.6 is 0 Å². The molecular weight excluding hydrogens is 205 g/mol. The van der Waals surface area contributed by atoms with Gasteiger partial charge in [-0.1, -0.05) is 0 Å². The highest BCUT2D eigenvalue weighted by atomic mass is 19.2. The minimum absolute atomic E-state index is 0.161. The molecule has 0 bridgehead atoms. The maximum absolute atomic E-state index is 12.9. The summed E-state index contributed by atoms with van der Waals surface area (Å²) in [6.45, 7) is 1.73. The Labute approximate surface area is 84.0 Å². The normalized spacial score (nSPS) is 10.7. The molecule has 1 heterocycles. The molecular formula is C10H7F3N2. The fourth-order valence-corrected chi connectivity index (χ4v) is 1.30. The van der Waals surface area contributed by atoms with Crippen LogP contribution in [0.5, 0.6) is 0 Å². The van der Waals surface area contributed by atoms with Gasteiger partial charge >= 0.3 is 0 Å². The van der Waals surface area contributed by atoms with E-state index in [1.807, 2.05) is 0 Å². The lowest BCUT2D eigenvalue weighted by Crippen LogP contribution is -2.02. The first-order valence-electron chi connectivity index (χ1n) is 4.25. The van der Waals surface area contributed by atoms with Gasteiger partial charge in [0, 0.05) is 24.0 Å². The fourth-order valence-electron chi connectivity index (χ4n) is 1.30. The predicted octanol–water partition coefficient (Wildman–Crippen LogP) is 2.60. The van der Waals surface area contributed by atoms with Crippen molar-refractivity contribution < 1.29 is 13.2 Å². The highest BCUT2D eigenvalue weighted by Gasteiger charge is 2.12. The molecule has 0 N–H and O–H groups in total. The van der Waals surface area contributed by atoms with Gasteiger partial charge in [0.1, 0.15) is 0 Å². The second-order valence-corrected chi connectivity index (χ2v) is 3.11. The zero-order valence-electron chi connectivity index (χ0n) is 7.84. The third-order valence-electron chi connectivity index (χ3n) is 2.05. The van der Waals surface area contributed by atoms with Crippen LogP contribution in [0, 0.1) is 24.4 Å². The van der Waals surface area contributed by atoms with Gasteiger partial charge in [0.2, 0.25) is 0 Å². The molecule has 0 atom stereocenters. The highest BCUT2D eigenvalue weighted by Crippen LogP contribution is 2.17. The van der Waals surface area contributed by atoms with Crippen LogP contribution in [0.3, 0.4) is 0 Å². The Morgan fingerprint density at radius 3 is 2.20 bits per heavy atom. The molecule has 0 amide bonds. The number of aromatic nitrogens is 2. The van der Waals surface area contributed by atoms with Crippen molar-refractivity contribution in [2.24, 2.45) is 0 Å². The second kappa shape index (κ2) is 3.42. The van der Waals surface area contributed by atoms with Crippen LogP contribution in [-0.4, -0.2) is 9.78 Å². The van der Waals surface area contributed by atoms with Crippen LogP contribution in [0.2, 0.25) is 0 Å². The highest BCUT2D eigenvalue weighted by molar-refractivity contribution is 5.34. The summed E-state index contributed by atoms with van der Waals surface area (Å²) in [6.07, 6.45) is 1.49. The average Bonchev–Trinajstić information content (AvgIpc) is 2.60. The van der Waals surface area contributed by atoms with Crippen LogP contribution in [0.1, 0.15) is 5.69 Å². The number of benzene rings is 1. The minimum atomic E-state index is -1.47. The zero-order valence-corrected chi connectivity index (χ0v) is 7.84. The first kappa shape index (κ1) is 9.76. The molecule has 0 fully saturated rings. The smallest absolute Gasteiger partial charge is 0.194 e. The van der Waals surface area contributed by atoms with E-state index in [1.54, 1.807) is 13.0 Å². The molecule has 78 valence electrons. The molecule has 2 aromatic rings. The van der Waals surface area contributed by atoms with Crippen LogP contribution in [0.25, 0.3) is 5.69 Å². The molecule has 0 unspecified atom stereocenters. The van der Waals surface area contributed by atoms with Gasteiger partial charge in [0.05, 0.1) is 5.69 Å². The summed E-state index contributed by atoms with van der Waals surface area (Å²) in [4.78, 5) is 0. The first-order valence-corrected chi connectivity index (χ1v) is 4.25. The van der Waals surface area contributed by atoms with Crippen LogP contribution in [-0.2, 0) is 0 Å². The monoisotopic (exact) mass is 212 g/mol. The summed E-state index contributed by atoms with van der Waals surface area (Å²) in [5.74, 6) is -3.91. The lowest BCUT2D eigenvalue weighted by molar-refractivity contribution is 0.446. The average molecular weight is 212 g/mol. The summed E-state index contributed by atoms with van der Waals surface area (Å²) < 4.78 is 39.8. The van der Waals surface area contributed by atoms with Gasteiger partial charge < -0.3 is 0 Å². The molecule has 1 aromatic carbocycles. The van der Waals surface area contributed by atoms with E-state index < -0.39 is 17.5 Å². The molecule has 15 heavy (non-hydrogen) atoms. The molecule has 0 aliphatic rings. The first-order chi connectivity index (χ1) is 7.09. The Kier molecular flexibility index (Phi) is 2.22. The molecule has 2 rings (SSSR count). The number of aryl methyl sites for hydroxylation is 1. The van der Waals surface area contributed by atoms with E-state index in [0.717, 1.165) is 12.1 Å². The molecule has 2 nitrogen and oxygen atoms in total. The van der Waals surface area contributed by atoms with E-state index >= 15 is 0 Å². The summed E-state index contributed by atoms with van der Waals surface area (Å²) in [5.41, 5.74) is 0.870. The van der Waals surface area contributed by atoms with Crippen molar-refractivity contribution in [2.75, 3.05) is 0 Å². The Hall–Kier alpha value is -1.78. The molecule has 0 aliphatic carbocycles. The van der Waals surface area contributed by atoms with E-state index in [4.69, 9.17) is 0 Å². The van der Waals surface area contributed by atoms with Gasteiger partial charge in [-0.15, -0.1) is 0 Å². The van der Waals surface area contributed by atoms with Gasteiger partial charge in [-0.2, -0.15) is 5.10 Å². The fraction of sp³-hybridized carbons (Fsp3) is 0.100. The van der Waals surface area contributed by atoms with Gasteiger partial charge in [0.15, 0.2) is 17.5 Å². The van der Waals surface area contributed by atoms with Crippen molar-refractivity contribution in [1.29, 1.82) is 0 Å². The zero-order chi connectivity index (χ0) is 11.0. The molecule has 1 aromatic heterocycles. The second-order valence-electron chi connectivity index (χ2n) is 3.11. The number of halogens is 3. The van der Waals surface area contributed by atoms with Crippen molar-refractivity contribution in [2.45, 2.75) is 6.92 Å². The van der Waals surface area contributed by atoms with E-state index in [0.29, 0.717) is 5.69 Å². The Bertz CT molecular complexity index is 482. The van der Waals surface area contributed by atoms with Crippen molar-refractivity contribution >= 4 is 0 Å². The molecule has 0 saturated heterocycles. The van der Waals surface area contributed by atoms with E-state index in [2.05, 4.69) is 5.10 Å². The van der Waals surface area contributed by atoms with Crippen molar-refractivity contribution in [3.63, 3.8) is 0 Å². The van der Waals surface area contributed by atoms with Gasteiger partial charge in [0.25, 0.3) is 0 Å². The van der Waals surface area contributed by atoms with E-state index in [-0.39, 0.29) is 5.69 Å². The van der Waals surface area contributed by atoms with Crippen LogP contribution < -0.4 is 0 Å². The molecule has 5 heteroatoms. The van der Waals surface area contributed by atoms with Crippen LogP contribution in [0.4, 0.5) is 13.2 Å². The summed E-state index contributed by atoms with van der Waals surface area (Å²) in [7, 11) is 0. The van der Waals surface area contributed by atoms with Crippen molar-refractivity contribution in [1.82, 2.24) is 9.78 Å². The number of rotatable bonds is 1. The maximum Gasteiger partial charge on any atom is 0.194 e. The Morgan fingerprint density at radius 2 is 1.73 bits per heavy atom. The Balaban J connectivity index is 2.60. The molecule has 0 radical (unpaired) electrons. The SMILES string of the molecule is Cc1ccnn1-c1cc(F)c(F)c(F)c1. The van der Waals surface area contributed by atoms with E-state index in [1.165, 1.54) is 10.9 Å². The topological polar surface area (TPSA) is 17.8 Å². The van der Waals surface area contributed by atoms with Gasteiger partial charge in [-0.05, 0) is 13.0 Å². The summed E-state index contributed by atoms with van der Waals surface area (Å²) in [6, 6.07) is 3.48. The molecule has 0 aliphatic heterocycles. The third-order valence-corrected chi connectivity index (χ3v) is 2.05. The quantitative estimate of drug-likeness (QED) is 0.664. The predicted molar refractivity (Wildman–Crippen MR) is 48.2 cm³/mol. The standard InChI is InChI=1S/C10H7F3N2/c1-6-2-3-14-15(6)7-4-8(11)10(13)9(12)5-7/h2-5H,1H3. The summed E-state index contributed by atoms with van der Waals surface area (Å²) >= 11 is 0. The maximum atomic E-state index is 12.9. The minimum Gasteiger partial charge on any atom is -0.238 e. The number of hydrogen-bond donors (Lipinski definition) is 0. The largest absolute Gasteiger partial charge is 0.238 e. The molecule has 0 spiro atoms. The van der Waals surface area contributed by atoms with Crippen molar-refractivity contribution in [3.8, 4) is 5.69 Å².